The van der Waals surface area contributed by atoms with E-state index in [2.05, 4.69) is 0 Å². The van der Waals surface area contributed by atoms with Gasteiger partial charge in [0.15, 0.2) is 17.3 Å². The summed E-state index contributed by atoms with van der Waals surface area (Å²) in [5.74, 6) is -0.0419. The smallest absolute Gasteiger partial charge is 0.345 e. The van der Waals surface area contributed by atoms with Gasteiger partial charge in [-0.1, -0.05) is 65.7 Å². The molecule has 0 fully saturated rings. The molecule has 0 unspecified atom stereocenters. The van der Waals surface area contributed by atoms with Crippen molar-refractivity contribution in [3.8, 4) is 11.5 Å². The Balaban J connectivity index is 1.76. The average molecular weight is 407 g/mol. The van der Waals surface area contributed by atoms with Crippen LogP contribution in [0.4, 0.5) is 0 Å². The van der Waals surface area contributed by atoms with Gasteiger partial charge in [0, 0.05) is 5.56 Å². The van der Waals surface area contributed by atoms with Gasteiger partial charge in [0.05, 0.1) is 17.7 Å². The quantitative estimate of drug-likeness (QED) is 0.225. The van der Waals surface area contributed by atoms with Gasteiger partial charge < -0.3 is 9.47 Å². The highest BCUT2D eigenvalue weighted by atomic mass is 35.5. The maximum atomic E-state index is 12.4. The van der Waals surface area contributed by atoms with Gasteiger partial charge in [-0.05, 0) is 42.8 Å². The third-order valence-corrected chi connectivity index (χ3v) is 4.58. The minimum Gasteiger partial charge on any atom is -0.493 e. The summed E-state index contributed by atoms with van der Waals surface area (Å²) in [5.41, 5.74) is 2.71. The zero-order chi connectivity index (χ0) is 20.8. The van der Waals surface area contributed by atoms with Crippen molar-refractivity contribution in [3.63, 3.8) is 0 Å². The Morgan fingerprint density at radius 1 is 0.931 bits per heavy atom. The van der Waals surface area contributed by atoms with E-state index in [0.717, 1.165) is 11.1 Å². The van der Waals surface area contributed by atoms with E-state index in [1.54, 1.807) is 60.7 Å². The van der Waals surface area contributed by atoms with E-state index < -0.39 is 5.97 Å². The van der Waals surface area contributed by atoms with Crippen molar-refractivity contribution in [2.24, 2.45) is 0 Å². The number of esters is 1. The number of carbonyl (C=O) groups excluding carboxylic acids is 2. The van der Waals surface area contributed by atoms with Crippen LogP contribution in [0.5, 0.6) is 11.5 Å². The van der Waals surface area contributed by atoms with Gasteiger partial charge in [0.2, 0.25) is 0 Å². The highest BCUT2D eigenvalue weighted by Crippen LogP contribution is 2.30. The van der Waals surface area contributed by atoms with Crippen molar-refractivity contribution >= 4 is 29.4 Å². The van der Waals surface area contributed by atoms with E-state index in [-0.39, 0.29) is 17.1 Å². The van der Waals surface area contributed by atoms with Gasteiger partial charge >= 0.3 is 5.97 Å². The lowest BCUT2D eigenvalue weighted by Gasteiger charge is -2.10. The lowest BCUT2D eigenvalue weighted by molar-refractivity contribution is 0.0729. The van der Waals surface area contributed by atoms with Crippen molar-refractivity contribution in [1.29, 1.82) is 0 Å². The fraction of sp³-hybridized carbons (Fsp3) is 0.0833. The molecule has 0 spiro atoms. The van der Waals surface area contributed by atoms with E-state index in [1.165, 1.54) is 13.2 Å². The number of rotatable bonds is 6. The van der Waals surface area contributed by atoms with E-state index in [0.29, 0.717) is 16.3 Å². The first-order valence-electron chi connectivity index (χ1n) is 8.92. The molecule has 0 aliphatic heterocycles. The monoisotopic (exact) mass is 406 g/mol. The molecule has 0 saturated carbocycles. The third kappa shape index (κ3) is 5.12. The Hall–Kier alpha value is -3.37. The minimum atomic E-state index is -0.577. The summed E-state index contributed by atoms with van der Waals surface area (Å²) in [5, 5.41) is 0.311. The van der Waals surface area contributed by atoms with Gasteiger partial charge in [-0.25, -0.2) is 4.79 Å². The van der Waals surface area contributed by atoms with Gasteiger partial charge in [0.25, 0.3) is 0 Å². The molecule has 0 amide bonds. The number of ether oxygens (including phenoxy) is 2. The zero-order valence-corrected chi connectivity index (χ0v) is 16.8. The maximum Gasteiger partial charge on any atom is 0.345 e. The molecule has 0 heterocycles. The number of benzene rings is 3. The Bertz CT molecular complexity index is 1070. The van der Waals surface area contributed by atoms with Crippen LogP contribution in [-0.4, -0.2) is 18.9 Å². The second kappa shape index (κ2) is 9.22. The Kier molecular flexibility index (Phi) is 6.47. The molecule has 4 nitrogen and oxygen atoms in total. The van der Waals surface area contributed by atoms with Crippen LogP contribution in [0.3, 0.4) is 0 Å². The molecule has 0 bridgehead atoms. The SMILES string of the molecule is COc1cc(/C=C/C(=O)c2ccc(C)cc2)ccc1OC(=O)c1ccccc1Cl. The second-order valence-corrected chi connectivity index (χ2v) is 6.75. The number of hydrogen-bond donors (Lipinski definition) is 0. The van der Waals surface area contributed by atoms with Crippen molar-refractivity contribution in [1.82, 2.24) is 0 Å². The largest absolute Gasteiger partial charge is 0.493 e. The lowest BCUT2D eigenvalue weighted by Crippen LogP contribution is -2.09. The van der Waals surface area contributed by atoms with Crippen LogP contribution in [0.25, 0.3) is 6.08 Å². The molecule has 0 aliphatic rings. The van der Waals surface area contributed by atoms with E-state index >= 15 is 0 Å². The maximum absolute atomic E-state index is 12.4. The number of carbonyl (C=O) groups is 2. The molecule has 146 valence electrons. The summed E-state index contributed by atoms with van der Waals surface area (Å²) >= 11 is 6.04. The van der Waals surface area contributed by atoms with Crippen molar-refractivity contribution in [2.75, 3.05) is 7.11 Å². The Labute approximate surface area is 174 Å². The molecule has 0 atom stereocenters. The van der Waals surface area contributed by atoms with Gasteiger partial charge in [-0.15, -0.1) is 0 Å². The number of hydrogen-bond acceptors (Lipinski definition) is 4. The first-order valence-corrected chi connectivity index (χ1v) is 9.29. The summed E-state index contributed by atoms with van der Waals surface area (Å²) < 4.78 is 10.8. The van der Waals surface area contributed by atoms with Crippen molar-refractivity contribution in [3.05, 3.63) is 100 Å². The first kappa shape index (κ1) is 20.4. The fourth-order valence-electron chi connectivity index (χ4n) is 2.64. The molecule has 0 N–H and O–H groups in total. The summed E-state index contributed by atoms with van der Waals surface area (Å²) in [6.45, 7) is 1.97. The number of halogens is 1. The summed E-state index contributed by atoms with van der Waals surface area (Å²) in [4.78, 5) is 24.6. The van der Waals surface area contributed by atoms with Crippen molar-refractivity contribution < 1.29 is 19.1 Å². The number of allylic oxidation sites excluding steroid dienone is 1. The third-order valence-electron chi connectivity index (χ3n) is 4.25. The molecular weight excluding hydrogens is 388 g/mol. The molecule has 0 saturated heterocycles. The molecule has 0 radical (unpaired) electrons. The van der Waals surface area contributed by atoms with Crippen LogP contribution in [0.15, 0.2) is 72.8 Å². The predicted molar refractivity (Wildman–Crippen MR) is 114 cm³/mol. The molecule has 3 aromatic rings. The molecule has 29 heavy (non-hydrogen) atoms. The Morgan fingerprint density at radius 3 is 2.34 bits per heavy atom. The van der Waals surface area contributed by atoms with Gasteiger partial charge in [-0.2, -0.15) is 0 Å². The van der Waals surface area contributed by atoms with E-state index in [4.69, 9.17) is 21.1 Å². The van der Waals surface area contributed by atoms with Crippen LogP contribution in [0, 0.1) is 6.92 Å². The summed E-state index contributed by atoms with van der Waals surface area (Å²) in [6, 6.07) is 19.1. The van der Waals surface area contributed by atoms with E-state index in [1.807, 2.05) is 19.1 Å². The number of ketones is 1. The van der Waals surface area contributed by atoms with Gasteiger partial charge in [0.1, 0.15) is 0 Å². The van der Waals surface area contributed by atoms with Crippen LogP contribution in [0.2, 0.25) is 5.02 Å². The molecular formula is C24H19ClO4. The highest BCUT2D eigenvalue weighted by Gasteiger charge is 2.15. The zero-order valence-electron chi connectivity index (χ0n) is 16.0. The molecule has 5 heteroatoms. The summed E-state index contributed by atoms with van der Waals surface area (Å²) in [7, 11) is 1.48. The molecule has 3 aromatic carbocycles. The first-order chi connectivity index (χ1) is 14.0. The highest BCUT2D eigenvalue weighted by molar-refractivity contribution is 6.33. The van der Waals surface area contributed by atoms with Crippen LogP contribution >= 0.6 is 11.6 Å². The average Bonchev–Trinajstić information content (AvgIpc) is 2.73. The standard InChI is InChI=1S/C24H19ClO4/c1-16-7-11-18(12-8-16)21(26)13-9-17-10-14-22(23(15-17)28-2)29-24(27)19-5-3-4-6-20(19)25/h3-15H,1-2H3/b13-9+. The topological polar surface area (TPSA) is 52.6 Å². The van der Waals surface area contributed by atoms with Crippen LogP contribution < -0.4 is 9.47 Å². The van der Waals surface area contributed by atoms with Crippen molar-refractivity contribution in [2.45, 2.75) is 6.92 Å². The summed E-state index contributed by atoms with van der Waals surface area (Å²) in [6.07, 6.45) is 3.18. The normalized spacial score (nSPS) is 10.7. The van der Waals surface area contributed by atoms with E-state index in [9.17, 15) is 9.59 Å². The van der Waals surface area contributed by atoms with Crippen LogP contribution in [0.1, 0.15) is 31.8 Å². The number of aryl methyl sites for hydroxylation is 1. The molecule has 0 aromatic heterocycles. The lowest BCUT2D eigenvalue weighted by atomic mass is 10.1. The molecule has 0 aliphatic carbocycles. The second-order valence-electron chi connectivity index (χ2n) is 6.34. The fourth-order valence-corrected chi connectivity index (χ4v) is 2.85. The Morgan fingerprint density at radius 2 is 1.66 bits per heavy atom. The minimum absolute atomic E-state index is 0.0989. The number of methoxy groups -OCH3 is 1. The predicted octanol–water partition coefficient (Wildman–Crippen LogP) is 5.77. The van der Waals surface area contributed by atoms with Gasteiger partial charge in [-0.3, -0.25) is 4.79 Å². The van der Waals surface area contributed by atoms with Crippen LogP contribution in [-0.2, 0) is 0 Å². The molecule has 3 rings (SSSR count).